The average molecular weight is 398 g/mol. The molecule has 0 bridgehead atoms. The lowest BCUT2D eigenvalue weighted by Gasteiger charge is -2.20. The number of hydrogen-bond donors (Lipinski definition) is 1. The zero-order valence-corrected chi connectivity index (χ0v) is 16.0. The fourth-order valence-corrected chi connectivity index (χ4v) is 3.92. The molecule has 0 fully saturated rings. The van der Waals surface area contributed by atoms with E-state index in [0.717, 1.165) is 9.87 Å². The Morgan fingerprint density at radius 3 is 2.36 bits per heavy atom. The maximum Gasteiger partial charge on any atom is 0.264 e. The van der Waals surface area contributed by atoms with Crippen molar-refractivity contribution in [3.8, 4) is 0 Å². The zero-order valence-electron chi connectivity index (χ0n) is 15.2. The van der Waals surface area contributed by atoms with Gasteiger partial charge in [-0.3, -0.25) is 9.10 Å². The molecule has 0 heterocycles. The topological polar surface area (TPSA) is 66.5 Å². The van der Waals surface area contributed by atoms with Gasteiger partial charge < -0.3 is 5.32 Å². The summed E-state index contributed by atoms with van der Waals surface area (Å²) in [6, 6.07) is 20.7. The van der Waals surface area contributed by atoms with Gasteiger partial charge in [-0.05, 0) is 35.9 Å². The van der Waals surface area contributed by atoms with Crippen LogP contribution in [-0.2, 0) is 16.6 Å². The van der Waals surface area contributed by atoms with Gasteiger partial charge >= 0.3 is 0 Å². The van der Waals surface area contributed by atoms with Gasteiger partial charge in [-0.2, -0.15) is 0 Å². The molecule has 3 aromatic carbocycles. The summed E-state index contributed by atoms with van der Waals surface area (Å²) in [5.41, 5.74) is 1.07. The molecule has 144 valence electrons. The van der Waals surface area contributed by atoms with Gasteiger partial charge in [-0.25, -0.2) is 12.8 Å². The van der Waals surface area contributed by atoms with Gasteiger partial charge in [-0.1, -0.05) is 48.5 Å². The van der Waals surface area contributed by atoms with Crippen molar-refractivity contribution in [3.05, 3.63) is 95.8 Å². The Labute approximate surface area is 163 Å². The first-order valence-electron chi connectivity index (χ1n) is 8.55. The Morgan fingerprint density at radius 1 is 0.964 bits per heavy atom. The van der Waals surface area contributed by atoms with Gasteiger partial charge in [0.25, 0.3) is 15.9 Å². The van der Waals surface area contributed by atoms with Gasteiger partial charge in [0.1, 0.15) is 5.82 Å². The predicted octanol–water partition coefficient (Wildman–Crippen LogP) is 3.58. The van der Waals surface area contributed by atoms with E-state index in [2.05, 4.69) is 5.32 Å². The normalized spacial score (nSPS) is 11.1. The Morgan fingerprint density at radius 2 is 1.64 bits per heavy atom. The number of hydrogen-bond acceptors (Lipinski definition) is 3. The van der Waals surface area contributed by atoms with Crippen molar-refractivity contribution in [2.75, 3.05) is 11.4 Å². The summed E-state index contributed by atoms with van der Waals surface area (Å²) in [4.78, 5) is 12.3. The maximum atomic E-state index is 14.0. The van der Waals surface area contributed by atoms with Gasteiger partial charge in [0.2, 0.25) is 0 Å². The first-order valence-corrected chi connectivity index (χ1v) is 9.99. The Balaban J connectivity index is 1.82. The molecule has 0 atom stereocenters. The van der Waals surface area contributed by atoms with E-state index in [9.17, 15) is 17.6 Å². The number of nitrogens with zero attached hydrogens (tertiary/aromatic N) is 1. The Kier molecular flexibility index (Phi) is 5.75. The molecule has 0 saturated heterocycles. The van der Waals surface area contributed by atoms with Crippen LogP contribution in [0.5, 0.6) is 0 Å². The standard InChI is InChI=1S/C21H19FN2O3S/c1-24(20-13-6-5-12-19(20)22)28(26,27)18-11-7-10-17(14-18)21(25)23-15-16-8-3-2-4-9-16/h2-14H,15H2,1H3,(H,23,25). The minimum absolute atomic E-state index is 0.0681. The number of para-hydroxylation sites is 1. The fraction of sp³-hybridized carbons (Fsp3) is 0.0952. The van der Waals surface area contributed by atoms with Gasteiger partial charge in [-0.15, -0.1) is 0 Å². The number of sulfonamides is 1. The zero-order chi connectivity index (χ0) is 20.1. The van der Waals surface area contributed by atoms with Crippen molar-refractivity contribution >= 4 is 21.6 Å². The summed E-state index contributed by atoms with van der Waals surface area (Å²) in [7, 11) is -2.75. The van der Waals surface area contributed by atoms with Gasteiger partial charge in [0, 0.05) is 19.2 Å². The summed E-state index contributed by atoms with van der Waals surface area (Å²) in [6.45, 7) is 0.325. The van der Waals surface area contributed by atoms with E-state index in [1.807, 2.05) is 30.3 Å². The van der Waals surface area contributed by atoms with Crippen LogP contribution in [0.15, 0.2) is 83.8 Å². The highest BCUT2D eigenvalue weighted by atomic mass is 32.2. The largest absolute Gasteiger partial charge is 0.348 e. The van der Waals surface area contributed by atoms with E-state index in [1.54, 1.807) is 6.07 Å². The Bertz CT molecular complexity index is 1090. The maximum absolute atomic E-state index is 14.0. The molecule has 3 aromatic rings. The summed E-state index contributed by atoms with van der Waals surface area (Å²) < 4.78 is 40.6. The van der Waals surface area contributed by atoms with Gasteiger partial charge in [0.05, 0.1) is 10.6 Å². The van der Waals surface area contributed by atoms with Crippen LogP contribution in [0.2, 0.25) is 0 Å². The molecule has 0 aromatic heterocycles. The summed E-state index contributed by atoms with van der Waals surface area (Å²) >= 11 is 0. The van der Waals surface area contributed by atoms with Gasteiger partial charge in [0.15, 0.2) is 0 Å². The quantitative estimate of drug-likeness (QED) is 0.690. The van der Waals surface area contributed by atoms with Crippen LogP contribution in [0.3, 0.4) is 0 Å². The molecule has 3 rings (SSSR count). The van der Waals surface area contributed by atoms with Crippen molar-refractivity contribution < 1.29 is 17.6 Å². The lowest BCUT2D eigenvalue weighted by atomic mass is 10.2. The van der Waals surface area contributed by atoms with E-state index in [4.69, 9.17) is 0 Å². The number of carbonyl (C=O) groups excluding carboxylic acids is 1. The molecule has 1 amide bonds. The highest BCUT2D eigenvalue weighted by molar-refractivity contribution is 7.92. The molecule has 0 aliphatic heterocycles. The third kappa shape index (κ3) is 4.20. The lowest BCUT2D eigenvalue weighted by Crippen LogP contribution is -2.28. The van der Waals surface area contributed by atoms with E-state index < -0.39 is 21.7 Å². The summed E-state index contributed by atoms with van der Waals surface area (Å²) in [6.07, 6.45) is 0. The highest BCUT2D eigenvalue weighted by Gasteiger charge is 2.24. The lowest BCUT2D eigenvalue weighted by molar-refractivity contribution is 0.0950. The molecule has 0 saturated carbocycles. The number of halogens is 1. The average Bonchev–Trinajstić information content (AvgIpc) is 2.72. The first kappa shape index (κ1) is 19.6. The molecular weight excluding hydrogens is 379 g/mol. The van der Waals surface area contributed by atoms with Crippen LogP contribution >= 0.6 is 0 Å². The monoisotopic (exact) mass is 398 g/mol. The van der Waals surface area contributed by atoms with Crippen LogP contribution in [0.1, 0.15) is 15.9 Å². The minimum atomic E-state index is -4.02. The fourth-order valence-electron chi connectivity index (χ4n) is 2.67. The number of carbonyl (C=O) groups is 1. The van der Waals surface area contributed by atoms with E-state index in [1.165, 1.54) is 49.5 Å². The highest BCUT2D eigenvalue weighted by Crippen LogP contribution is 2.25. The SMILES string of the molecule is CN(c1ccccc1F)S(=O)(=O)c1cccc(C(=O)NCc2ccccc2)c1. The van der Waals surface area contributed by atoms with Crippen molar-refractivity contribution in [2.24, 2.45) is 0 Å². The molecule has 1 N–H and O–H groups in total. The second kappa shape index (κ2) is 8.22. The second-order valence-electron chi connectivity index (χ2n) is 6.12. The molecular formula is C21H19FN2O3S. The van der Waals surface area contributed by atoms with Crippen molar-refractivity contribution in [1.82, 2.24) is 5.32 Å². The molecule has 0 unspecified atom stereocenters. The van der Waals surface area contributed by atoms with Crippen LogP contribution in [0, 0.1) is 5.82 Å². The van der Waals surface area contributed by atoms with E-state index in [-0.39, 0.29) is 16.1 Å². The summed E-state index contributed by atoms with van der Waals surface area (Å²) in [5, 5.41) is 2.76. The number of nitrogens with one attached hydrogen (secondary N) is 1. The van der Waals surface area contributed by atoms with Crippen LogP contribution < -0.4 is 9.62 Å². The third-order valence-corrected chi connectivity index (χ3v) is 6.01. The molecule has 7 heteroatoms. The van der Waals surface area contributed by atoms with Crippen molar-refractivity contribution in [2.45, 2.75) is 11.4 Å². The predicted molar refractivity (Wildman–Crippen MR) is 106 cm³/mol. The van der Waals surface area contributed by atoms with Crippen molar-refractivity contribution in [1.29, 1.82) is 0 Å². The molecule has 0 spiro atoms. The van der Waals surface area contributed by atoms with Crippen LogP contribution in [0.4, 0.5) is 10.1 Å². The summed E-state index contributed by atoms with van der Waals surface area (Å²) in [5.74, 6) is -1.04. The van der Waals surface area contributed by atoms with E-state index >= 15 is 0 Å². The Hall–Kier alpha value is -3.19. The smallest absolute Gasteiger partial charge is 0.264 e. The number of anilines is 1. The number of amides is 1. The number of rotatable bonds is 6. The number of benzene rings is 3. The van der Waals surface area contributed by atoms with Crippen molar-refractivity contribution in [3.63, 3.8) is 0 Å². The van der Waals surface area contributed by atoms with Crippen LogP contribution in [0.25, 0.3) is 0 Å². The molecule has 5 nitrogen and oxygen atoms in total. The molecule has 0 radical (unpaired) electrons. The van der Waals surface area contributed by atoms with E-state index in [0.29, 0.717) is 6.54 Å². The first-order chi connectivity index (χ1) is 13.4. The second-order valence-corrected chi connectivity index (χ2v) is 8.09. The van der Waals surface area contributed by atoms with Crippen LogP contribution in [-0.4, -0.2) is 21.4 Å². The third-order valence-electron chi connectivity index (χ3n) is 4.24. The molecule has 28 heavy (non-hydrogen) atoms. The molecule has 0 aliphatic rings. The molecule has 0 aliphatic carbocycles. The minimum Gasteiger partial charge on any atom is -0.348 e.